The number of nitrogens with zero attached hydrogens (tertiary/aromatic N) is 3. The van der Waals surface area contributed by atoms with E-state index in [0.717, 1.165) is 47.4 Å². The van der Waals surface area contributed by atoms with E-state index in [1.54, 1.807) is 0 Å². The molecule has 0 unspecified atom stereocenters. The first-order valence-electron chi connectivity index (χ1n) is 12.8. The van der Waals surface area contributed by atoms with Crippen LogP contribution in [0.15, 0.2) is 48.8 Å². The van der Waals surface area contributed by atoms with Crippen molar-refractivity contribution < 1.29 is 0 Å². The Hall–Kier alpha value is -3.22. The van der Waals surface area contributed by atoms with E-state index in [4.69, 9.17) is 10.7 Å². The van der Waals surface area contributed by atoms with Crippen LogP contribution in [0.3, 0.4) is 0 Å². The third-order valence-corrected chi connectivity index (χ3v) is 7.31. The van der Waals surface area contributed by atoms with Crippen molar-refractivity contribution in [2.24, 2.45) is 0 Å². The van der Waals surface area contributed by atoms with Gasteiger partial charge in [0.05, 0.1) is 5.69 Å². The average molecular weight is 467 g/mol. The highest BCUT2D eigenvalue weighted by Crippen LogP contribution is 2.43. The Labute approximate surface area is 207 Å². The van der Waals surface area contributed by atoms with Crippen LogP contribution >= 0.6 is 0 Å². The number of rotatable bonds is 5. The molecule has 2 aromatic carbocycles. The first-order valence-corrected chi connectivity index (χ1v) is 12.8. The maximum absolute atomic E-state index is 6.10. The molecule has 1 saturated heterocycles. The second kappa shape index (κ2) is 8.77. The number of hydrogen-bond donors (Lipinski definition) is 3. The van der Waals surface area contributed by atoms with Crippen LogP contribution < -0.4 is 11.1 Å². The van der Waals surface area contributed by atoms with Crippen LogP contribution in [0.5, 0.6) is 0 Å². The molecule has 4 aromatic rings. The molecule has 6 rings (SSSR count). The van der Waals surface area contributed by atoms with Crippen molar-refractivity contribution in [2.75, 3.05) is 18.8 Å². The maximum Gasteiger partial charge on any atom is 0.220 e. The monoisotopic (exact) mass is 466 g/mol. The lowest BCUT2D eigenvalue weighted by molar-refractivity contribution is 0.166. The SMILES string of the molecule is Cc1ccc2c(-c3nc(N)ncc3-c3cc(CN4C[C@@H](C)N[C@@H](C)C4)cc(C4CC4)c3)c[nH]c2c1. The van der Waals surface area contributed by atoms with Crippen molar-refractivity contribution in [2.45, 2.75) is 58.2 Å². The van der Waals surface area contributed by atoms with Gasteiger partial charge in [0, 0.05) is 66.1 Å². The number of nitrogens with two attached hydrogens (primary N) is 1. The van der Waals surface area contributed by atoms with E-state index in [2.05, 4.69) is 77.4 Å². The lowest BCUT2D eigenvalue weighted by atomic mass is 9.95. The number of H-pyrrole nitrogens is 1. The molecule has 6 nitrogen and oxygen atoms in total. The van der Waals surface area contributed by atoms with E-state index in [1.165, 1.54) is 35.1 Å². The molecule has 6 heteroatoms. The number of nitrogen functional groups attached to an aromatic ring is 1. The van der Waals surface area contributed by atoms with Crippen molar-refractivity contribution in [3.63, 3.8) is 0 Å². The van der Waals surface area contributed by atoms with E-state index >= 15 is 0 Å². The number of hydrogen-bond acceptors (Lipinski definition) is 5. The summed E-state index contributed by atoms with van der Waals surface area (Å²) in [5.41, 5.74) is 15.4. The Kier molecular flexibility index (Phi) is 5.58. The summed E-state index contributed by atoms with van der Waals surface area (Å²) in [6.45, 7) is 9.75. The van der Waals surface area contributed by atoms with Gasteiger partial charge in [-0.05, 0) is 73.9 Å². The Morgan fingerprint density at radius 1 is 1.03 bits per heavy atom. The third kappa shape index (κ3) is 4.56. The van der Waals surface area contributed by atoms with Gasteiger partial charge in [0.25, 0.3) is 0 Å². The van der Waals surface area contributed by atoms with Gasteiger partial charge in [0.15, 0.2) is 0 Å². The van der Waals surface area contributed by atoms with Crippen LogP contribution in [0.2, 0.25) is 0 Å². The first kappa shape index (κ1) is 22.3. The van der Waals surface area contributed by atoms with E-state index in [0.29, 0.717) is 23.9 Å². The Morgan fingerprint density at radius 3 is 2.60 bits per heavy atom. The minimum Gasteiger partial charge on any atom is -0.368 e. The zero-order valence-electron chi connectivity index (χ0n) is 20.8. The van der Waals surface area contributed by atoms with Crippen molar-refractivity contribution in [3.8, 4) is 22.4 Å². The van der Waals surface area contributed by atoms with Crippen LogP contribution in [0.1, 0.15) is 49.3 Å². The lowest BCUT2D eigenvalue weighted by Crippen LogP contribution is -2.53. The van der Waals surface area contributed by atoms with Gasteiger partial charge in [-0.2, -0.15) is 0 Å². The van der Waals surface area contributed by atoms with Gasteiger partial charge in [-0.1, -0.05) is 24.3 Å². The van der Waals surface area contributed by atoms with Crippen molar-refractivity contribution in [3.05, 3.63) is 65.5 Å². The molecule has 2 atom stereocenters. The molecule has 35 heavy (non-hydrogen) atoms. The molecular formula is C29H34N6. The molecule has 2 aliphatic rings. The largest absolute Gasteiger partial charge is 0.368 e. The van der Waals surface area contributed by atoms with Gasteiger partial charge in [0.2, 0.25) is 5.95 Å². The van der Waals surface area contributed by atoms with Gasteiger partial charge in [0.1, 0.15) is 0 Å². The van der Waals surface area contributed by atoms with Crippen LogP contribution in [0.4, 0.5) is 5.95 Å². The first-order chi connectivity index (χ1) is 16.9. The topological polar surface area (TPSA) is 82.9 Å². The smallest absolute Gasteiger partial charge is 0.220 e. The summed E-state index contributed by atoms with van der Waals surface area (Å²) in [6, 6.07) is 14.6. The lowest BCUT2D eigenvalue weighted by Gasteiger charge is -2.36. The summed E-state index contributed by atoms with van der Waals surface area (Å²) in [5, 5.41) is 4.80. The highest BCUT2D eigenvalue weighted by molar-refractivity contribution is 5.98. The van der Waals surface area contributed by atoms with Gasteiger partial charge < -0.3 is 16.0 Å². The molecule has 2 aromatic heterocycles. The van der Waals surface area contributed by atoms with E-state index in [-0.39, 0.29) is 0 Å². The molecule has 1 aliphatic carbocycles. The van der Waals surface area contributed by atoms with Crippen LogP contribution in [-0.2, 0) is 6.54 Å². The van der Waals surface area contributed by atoms with Crippen molar-refractivity contribution >= 4 is 16.9 Å². The van der Waals surface area contributed by atoms with Gasteiger partial charge >= 0.3 is 0 Å². The summed E-state index contributed by atoms with van der Waals surface area (Å²) >= 11 is 0. The Bertz CT molecular complexity index is 1380. The van der Waals surface area contributed by atoms with Crippen molar-refractivity contribution in [1.29, 1.82) is 0 Å². The highest BCUT2D eigenvalue weighted by atomic mass is 15.2. The molecule has 0 amide bonds. The Balaban J connectivity index is 1.44. The van der Waals surface area contributed by atoms with Crippen LogP contribution in [0, 0.1) is 6.92 Å². The maximum atomic E-state index is 6.10. The predicted octanol–water partition coefficient (Wildman–Crippen LogP) is 5.24. The highest BCUT2D eigenvalue weighted by Gasteiger charge is 2.26. The molecule has 180 valence electrons. The molecule has 0 radical (unpaired) electrons. The predicted molar refractivity (Wildman–Crippen MR) is 143 cm³/mol. The third-order valence-electron chi connectivity index (χ3n) is 7.31. The van der Waals surface area contributed by atoms with Crippen LogP contribution in [-0.4, -0.2) is 45.0 Å². The van der Waals surface area contributed by atoms with E-state index in [1.807, 2.05) is 12.4 Å². The number of benzene rings is 2. The number of nitrogens with one attached hydrogen (secondary N) is 2. The minimum absolute atomic E-state index is 0.299. The number of piperazine rings is 1. The normalized spacial score (nSPS) is 21.0. The molecular weight excluding hydrogens is 432 g/mol. The summed E-state index contributed by atoms with van der Waals surface area (Å²) < 4.78 is 0. The fourth-order valence-electron chi connectivity index (χ4n) is 5.69. The molecule has 0 spiro atoms. The molecule has 0 bridgehead atoms. The second-order valence-corrected chi connectivity index (χ2v) is 10.6. The average Bonchev–Trinajstić information content (AvgIpc) is 3.58. The molecule has 4 N–H and O–H groups in total. The fourth-order valence-corrected chi connectivity index (χ4v) is 5.69. The Morgan fingerprint density at radius 2 is 1.83 bits per heavy atom. The number of aromatic amines is 1. The van der Waals surface area contributed by atoms with Gasteiger partial charge in [-0.15, -0.1) is 0 Å². The van der Waals surface area contributed by atoms with E-state index < -0.39 is 0 Å². The van der Waals surface area contributed by atoms with E-state index in [9.17, 15) is 0 Å². The number of fused-ring (bicyclic) bond motifs is 1. The van der Waals surface area contributed by atoms with Crippen molar-refractivity contribution in [1.82, 2.24) is 25.2 Å². The molecule has 2 fully saturated rings. The second-order valence-electron chi connectivity index (χ2n) is 10.6. The number of aryl methyl sites for hydroxylation is 1. The van der Waals surface area contributed by atoms with Crippen LogP contribution in [0.25, 0.3) is 33.3 Å². The summed E-state index contributed by atoms with van der Waals surface area (Å²) in [4.78, 5) is 15.2. The standard InChI is InChI=1S/C29H34N6/c1-17-4-7-24-26(13-31-27(24)8-17)28-25(12-32-29(30)34-28)23-10-20(9-22(11-23)21-5-6-21)16-35-14-18(2)33-19(3)15-35/h4,7-13,18-19,21,31,33H,5-6,14-16H2,1-3H3,(H2,30,32,34)/t18-,19+. The summed E-state index contributed by atoms with van der Waals surface area (Å²) in [5.74, 6) is 0.969. The van der Waals surface area contributed by atoms with Gasteiger partial charge in [-0.25, -0.2) is 9.97 Å². The zero-order valence-corrected chi connectivity index (χ0v) is 20.8. The zero-order chi connectivity index (χ0) is 24.1. The molecule has 3 heterocycles. The minimum atomic E-state index is 0.299. The molecule has 1 saturated carbocycles. The molecule has 1 aliphatic heterocycles. The quantitative estimate of drug-likeness (QED) is 0.375. The summed E-state index contributed by atoms with van der Waals surface area (Å²) in [7, 11) is 0. The number of aromatic nitrogens is 3. The number of anilines is 1. The summed E-state index contributed by atoms with van der Waals surface area (Å²) in [6.07, 6.45) is 6.50. The fraction of sp³-hybridized carbons (Fsp3) is 0.379. The van der Waals surface area contributed by atoms with Gasteiger partial charge in [-0.3, -0.25) is 4.90 Å².